The third kappa shape index (κ3) is 3.41. The van der Waals surface area contributed by atoms with Gasteiger partial charge in [0, 0.05) is 32.6 Å². The SMILES string of the molecule is COC(=O)C1=NOC2(CCN(C(=O)C3(c4ccc(C)c(C)c4)CCOCC3)C2)C1. The molecule has 2 fully saturated rings. The molecule has 1 spiro atoms. The van der Waals surface area contributed by atoms with Gasteiger partial charge in [-0.2, -0.15) is 0 Å². The Morgan fingerprint density at radius 1 is 1.14 bits per heavy atom. The number of nitrogens with zero attached hydrogens (tertiary/aromatic N) is 2. The van der Waals surface area contributed by atoms with Crippen molar-refractivity contribution in [2.45, 2.75) is 50.5 Å². The molecule has 3 aliphatic rings. The van der Waals surface area contributed by atoms with Gasteiger partial charge in [0.15, 0.2) is 11.3 Å². The first kappa shape index (κ1) is 19.9. The van der Waals surface area contributed by atoms with Crippen LogP contribution >= 0.6 is 0 Å². The Bertz CT molecular complexity index is 859. The van der Waals surface area contributed by atoms with Crippen LogP contribution in [0.3, 0.4) is 0 Å². The second-order valence-corrected chi connectivity index (χ2v) is 8.45. The zero-order valence-corrected chi connectivity index (χ0v) is 17.3. The first-order valence-electron chi connectivity index (χ1n) is 10.2. The van der Waals surface area contributed by atoms with E-state index in [4.69, 9.17) is 14.3 Å². The Balaban J connectivity index is 1.57. The molecule has 1 aromatic carbocycles. The van der Waals surface area contributed by atoms with Crippen molar-refractivity contribution in [1.82, 2.24) is 4.90 Å². The summed E-state index contributed by atoms with van der Waals surface area (Å²) in [6.45, 7) is 6.34. The van der Waals surface area contributed by atoms with Gasteiger partial charge in [-0.15, -0.1) is 0 Å². The van der Waals surface area contributed by atoms with Crippen molar-refractivity contribution in [1.29, 1.82) is 0 Å². The van der Waals surface area contributed by atoms with Gasteiger partial charge in [0.2, 0.25) is 5.91 Å². The minimum Gasteiger partial charge on any atom is -0.464 e. The molecule has 156 valence electrons. The number of aryl methyl sites for hydroxylation is 2. The van der Waals surface area contributed by atoms with Gasteiger partial charge in [-0.3, -0.25) is 4.79 Å². The van der Waals surface area contributed by atoms with Gasteiger partial charge < -0.3 is 19.2 Å². The summed E-state index contributed by atoms with van der Waals surface area (Å²) in [6, 6.07) is 6.33. The number of hydrogen-bond donors (Lipinski definition) is 0. The Morgan fingerprint density at radius 2 is 1.90 bits per heavy atom. The van der Waals surface area contributed by atoms with Crippen LogP contribution in [0, 0.1) is 13.8 Å². The van der Waals surface area contributed by atoms with Crippen LogP contribution in [0.4, 0.5) is 0 Å². The number of amides is 1. The molecule has 29 heavy (non-hydrogen) atoms. The lowest BCUT2D eigenvalue weighted by molar-refractivity contribution is -0.141. The molecule has 0 aliphatic carbocycles. The molecule has 3 aliphatic heterocycles. The zero-order chi connectivity index (χ0) is 20.6. The minimum atomic E-state index is -0.616. The first-order valence-corrected chi connectivity index (χ1v) is 10.2. The van der Waals surface area contributed by atoms with E-state index < -0.39 is 17.0 Å². The summed E-state index contributed by atoms with van der Waals surface area (Å²) in [6.07, 6.45) is 2.37. The van der Waals surface area contributed by atoms with Gasteiger partial charge >= 0.3 is 5.97 Å². The summed E-state index contributed by atoms with van der Waals surface area (Å²) in [7, 11) is 1.33. The third-order valence-electron chi connectivity index (χ3n) is 6.68. The Kier molecular flexibility index (Phi) is 5.11. The zero-order valence-electron chi connectivity index (χ0n) is 17.3. The number of ether oxygens (including phenoxy) is 2. The van der Waals surface area contributed by atoms with E-state index in [1.54, 1.807) is 0 Å². The molecule has 7 nitrogen and oxygen atoms in total. The van der Waals surface area contributed by atoms with Gasteiger partial charge in [-0.05, 0) is 43.4 Å². The number of benzene rings is 1. The van der Waals surface area contributed by atoms with Gasteiger partial charge in [-0.25, -0.2) is 4.79 Å². The number of likely N-dealkylation sites (tertiary alicyclic amines) is 1. The predicted octanol–water partition coefficient (Wildman–Crippen LogP) is 2.27. The Labute approximate surface area is 171 Å². The molecular formula is C22H28N2O5. The predicted molar refractivity (Wildman–Crippen MR) is 107 cm³/mol. The van der Waals surface area contributed by atoms with Crippen LogP contribution in [0.25, 0.3) is 0 Å². The summed E-state index contributed by atoms with van der Waals surface area (Å²) in [5, 5.41) is 3.93. The molecule has 0 N–H and O–H groups in total. The van der Waals surface area contributed by atoms with E-state index in [0.29, 0.717) is 52.0 Å². The van der Waals surface area contributed by atoms with Crippen LogP contribution in [0.2, 0.25) is 0 Å². The lowest BCUT2D eigenvalue weighted by Crippen LogP contribution is -2.50. The van der Waals surface area contributed by atoms with Gasteiger partial charge in [0.1, 0.15) is 0 Å². The quantitative estimate of drug-likeness (QED) is 0.728. The molecule has 4 rings (SSSR count). The van der Waals surface area contributed by atoms with E-state index >= 15 is 0 Å². The summed E-state index contributed by atoms with van der Waals surface area (Å²) >= 11 is 0. The third-order valence-corrected chi connectivity index (χ3v) is 6.68. The van der Waals surface area contributed by atoms with E-state index in [-0.39, 0.29) is 11.6 Å². The second kappa shape index (κ2) is 7.44. The summed E-state index contributed by atoms with van der Waals surface area (Å²) in [5.41, 5.74) is 2.57. The Hall–Kier alpha value is -2.41. The number of rotatable bonds is 3. The fraction of sp³-hybridized carbons (Fsp3) is 0.591. The lowest BCUT2D eigenvalue weighted by Gasteiger charge is -2.39. The van der Waals surface area contributed by atoms with E-state index in [1.165, 1.54) is 18.2 Å². The van der Waals surface area contributed by atoms with Crippen molar-refractivity contribution in [3.63, 3.8) is 0 Å². The number of methoxy groups -OCH3 is 1. The van der Waals surface area contributed by atoms with Crippen LogP contribution in [-0.4, -0.2) is 61.5 Å². The van der Waals surface area contributed by atoms with Crippen LogP contribution in [-0.2, 0) is 29.3 Å². The van der Waals surface area contributed by atoms with E-state index in [9.17, 15) is 9.59 Å². The molecular weight excluding hydrogens is 372 g/mol. The normalized spacial score (nSPS) is 25.6. The number of hydrogen-bond acceptors (Lipinski definition) is 6. The van der Waals surface area contributed by atoms with Crippen molar-refractivity contribution >= 4 is 17.6 Å². The average molecular weight is 400 g/mol. The molecule has 2 saturated heterocycles. The van der Waals surface area contributed by atoms with Crippen LogP contribution < -0.4 is 0 Å². The molecule has 3 heterocycles. The van der Waals surface area contributed by atoms with Crippen molar-refractivity contribution in [3.05, 3.63) is 34.9 Å². The first-order chi connectivity index (χ1) is 13.9. The van der Waals surface area contributed by atoms with Crippen molar-refractivity contribution < 1.29 is 23.9 Å². The second-order valence-electron chi connectivity index (χ2n) is 8.45. The highest BCUT2D eigenvalue weighted by Gasteiger charge is 2.52. The number of esters is 1. The van der Waals surface area contributed by atoms with Gasteiger partial charge in [-0.1, -0.05) is 23.4 Å². The van der Waals surface area contributed by atoms with E-state index in [0.717, 1.165) is 5.56 Å². The minimum absolute atomic E-state index is 0.121. The van der Waals surface area contributed by atoms with Crippen molar-refractivity contribution in [3.8, 4) is 0 Å². The molecule has 0 bridgehead atoms. The molecule has 1 aromatic rings. The van der Waals surface area contributed by atoms with Crippen molar-refractivity contribution in [2.75, 3.05) is 33.4 Å². The molecule has 0 aromatic heterocycles. The molecule has 0 radical (unpaired) electrons. The maximum absolute atomic E-state index is 13.8. The highest BCUT2D eigenvalue weighted by molar-refractivity contribution is 6.36. The maximum atomic E-state index is 13.8. The number of carbonyl (C=O) groups excluding carboxylic acids is 2. The van der Waals surface area contributed by atoms with Crippen LogP contribution in [0.5, 0.6) is 0 Å². The summed E-state index contributed by atoms with van der Waals surface area (Å²) < 4.78 is 10.4. The fourth-order valence-corrected chi connectivity index (χ4v) is 4.67. The van der Waals surface area contributed by atoms with E-state index in [2.05, 4.69) is 37.2 Å². The van der Waals surface area contributed by atoms with Gasteiger partial charge in [0.25, 0.3) is 0 Å². The lowest BCUT2D eigenvalue weighted by atomic mass is 9.72. The highest BCUT2D eigenvalue weighted by Crippen LogP contribution is 2.41. The van der Waals surface area contributed by atoms with Crippen LogP contribution in [0.15, 0.2) is 23.4 Å². The van der Waals surface area contributed by atoms with Crippen LogP contribution in [0.1, 0.15) is 42.4 Å². The monoisotopic (exact) mass is 400 g/mol. The number of oxime groups is 1. The highest BCUT2D eigenvalue weighted by atomic mass is 16.7. The molecule has 1 atom stereocenters. The molecule has 0 saturated carbocycles. The standard InChI is InChI=1S/C22H28N2O5/c1-15-4-5-17(12-16(15)2)22(7-10-28-11-8-22)20(26)24-9-6-21(14-24)13-18(23-29-21)19(25)27-3/h4-5,12H,6-11,13-14H2,1-3H3. The molecule has 1 amide bonds. The van der Waals surface area contributed by atoms with E-state index in [1.807, 2.05) is 4.90 Å². The smallest absolute Gasteiger partial charge is 0.355 e. The average Bonchev–Trinajstić information content (AvgIpc) is 3.36. The fourth-order valence-electron chi connectivity index (χ4n) is 4.67. The molecule has 7 heteroatoms. The number of carbonyl (C=O) groups is 2. The largest absolute Gasteiger partial charge is 0.464 e. The summed E-state index contributed by atoms with van der Waals surface area (Å²) in [5.74, 6) is -0.348. The summed E-state index contributed by atoms with van der Waals surface area (Å²) in [4.78, 5) is 33.1. The Morgan fingerprint density at radius 3 is 2.59 bits per heavy atom. The molecule has 1 unspecified atom stereocenters. The maximum Gasteiger partial charge on any atom is 0.355 e. The van der Waals surface area contributed by atoms with Gasteiger partial charge in [0.05, 0.1) is 19.1 Å². The van der Waals surface area contributed by atoms with Crippen molar-refractivity contribution in [2.24, 2.45) is 5.16 Å². The topological polar surface area (TPSA) is 77.4 Å².